The molecule has 3 heterocycles. The molecular formula is C10H6ClN5O2S. The molecule has 7 nitrogen and oxygen atoms in total. The predicted molar refractivity (Wildman–Crippen MR) is 70.4 cm³/mol. The molecule has 9 heteroatoms. The summed E-state index contributed by atoms with van der Waals surface area (Å²) in [5, 5.41) is 13.6. The Morgan fingerprint density at radius 1 is 1.47 bits per heavy atom. The molecule has 0 atom stereocenters. The number of hydrogen-bond acceptors (Lipinski definition) is 6. The molecule has 0 saturated heterocycles. The number of halogens is 1. The lowest BCUT2D eigenvalue weighted by Gasteiger charge is -2.01. The van der Waals surface area contributed by atoms with E-state index in [0.29, 0.717) is 11.0 Å². The van der Waals surface area contributed by atoms with Gasteiger partial charge in [0, 0.05) is 5.39 Å². The fourth-order valence-corrected chi connectivity index (χ4v) is 2.71. The second kappa shape index (κ2) is 4.56. The second-order valence-corrected chi connectivity index (χ2v) is 4.98. The van der Waals surface area contributed by atoms with Gasteiger partial charge in [-0.3, -0.25) is 0 Å². The Kier molecular flexibility index (Phi) is 2.88. The molecule has 3 aromatic heterocycles. The van der Waals surface area contributed by atoms with E-state index in [2.05, 4.69) is 15.0 Å². The lowest BCUT2D eigenvalue weighted by Crippen LogP contribution is -2.02. The van der Waals surface area contributed by atoms with Gasteiger partial charge in [-0.1, -0.05) is 11.6 Å². The quantitative estimate of drug-likeness (QED) is 0.421. The van der Waals surface area contributed by atoms with Gasteiger partial charge >= 0.3 is 5.82 Å². The first-order valence-corrected chi connectivity index (χ1v) is 6.45. The Hall–Kier alpha value is -2.06. The molecule has 0 aromatic carbocycles. The monoisotopic (exact) mass is 295 g/mol. The van der Waals surface area contributed by atoms with Gasteiger partial charge in [-0.05, 0) is 21.4 Å². The molecule has 0 saturated carbocycles. The lowest BCUT2D eigenvalue weighted by molar-refractivity contribution is -0.389. The van der Waals surface area contributed by atoms with E-state index in [1.165, 1.54) is 23.9 Å². The van der Waals surface area contributed by atoms with Crippen molar-refractivity contribution in [2.24, 2.45) is 0 Å². The molecule has 0 bridgehead atoms. The highest BCUT2D eigenvalue weighted by atomic mass is 35.5. The molecule has 0 spiro atoms. The lowest BCUT2D eigenvalue weighted by atomic mass is 10.4. The Morgan fingerprint density at radius 2 is 2.32 bits per heavy atom. The predicted octanol–water partition coefficient (Wildman–Crippen LogP) is 2.50. The van der Waals surface area contributed by atoms with Crippen LogP contribution in [0.2, 0.25) is 5.15 Å². The van der Waals surface area contributed by atoms with Gasteiger partial charge in [0.1, 0.15) is 16.2 Å². The summed E-state index contributed by atoms with van der Waals surface area (Å²) in [4.78, 5) is 23.0. The highest BCUT2D eigenvalue weighted by Crippen LogP contribution is 2.24. The first-order chi connectivity index (χ1) is 9.13. The summed E-state index contributed by atoms with van der Waals surface area (Å²) in [6, 6.07) is 1.86. The van der Waals surface area contributed by atoms with Crippen molar-refractivity contribution in [2.45, 2.75) is 6.54 Å². The van der Waals surface area contributed by atoms with E-state index < -0.39 is 4.92 Å². The topological polar surface area (TPSA) is 86.7 Å². The van der Waals surface area contributed by atoms with Crippen molar-refractivity contribution >= 4 is 39.0 Å². The van der Waals surface area contributed by atoms with Crippen molar-refractivity contribution in [3.8, 4) is 0 Å². The summed E-state index contributed by atoms with van der Waals surface area (Å²) in [5.74, 6) is 0.288. The highest BCUT2D eigenvalue weighted by Gasteiger charge is 2.12. The third-order valence-electron chi connectivity index (χ3n) is 2.46. The highest BCUT2D eigenvalue weighted by molar-refractivity contribution is 7.16. The van der Waals surface area contributed by atoms with Crippen LogP contribution in [0.25, 0.3) is 10.2 Å². The number of aromatic nitrogens is 4. The molecule has 0 amide bonds. The number of imidazole rings is 1. The summed E-state index contributed by atoms with van der Waals surface area (Å²) in [6.45, 7) is 0.286. The summed E-state index contributed by atoms with van der Waals surface area (Å²) >= 11 is 7.52. The van der Waals surface area contributed by atoms with E-state index in [0.717, 1.165) is 10.2 Å². The van der Waals surface area contributed by atoms with E-state index in [-0.39, 0.29) is 12.4 Å². The maximum atomic E-state index is 10.5. The second-order valence-electron chi connectivity index (χ2n) is 3.73. The molecule has 19 heavy (non-hydrogen) atoms. The molecule has 0 fully saturated rings. The van der Waals surface area contributed by atoms with Crippen molar-refractivity contribution in [1.29, 1.82) is 0 Å². The third-order valence-corrected chi connectivity index (χ3v) is 3.55. The first kappa shape index (κ1) is 12.0. The Bertz CT molecular complexity index is 768. The standard InChI is InChI=1S/C10H6ClN5O2S/c11-9-6-1-2-19-10(6)14-7(13-9)3-15-4-8(12-5-15)16(17)18/h1-2,4-5H,3H2. The van der Waals surface area contributed by atoms with Crippen LogP contribution in [0, 0.1) is 10.1 Å². The average molecular weight is 296 g/mol. The van der Waals surface area contributed by atoms with Crippen molar-refractivity contribution in [2.75, 3.05) is 0 Å². The van der Waals surface area contributed by atoms with Crippen LogP contribution in [0.4, 0.5) is 5.82 Å². The zero-order valence-corrected chi connectivity index (χ0v) is 10.9. The fraction of sp³-hybridized carbons (Fsp3) is 0.100. The van der Waals surface area contributed by atoms with Crippen LogP contribution in [-0.2, 0) is 6.54 Å². The summed E-state index contributed by atoms with van der Waals surface area (Å²) in [7, 11) is 0. The molecular weight excluding hydrogens is 290 g/mol. The van der Waals surface area contributed by atoms with Crippen molar-refractivity contribution < 1.29 is 4.92 Å². The smallest absolute Gasteiger partial charge is 0.358 e. The Balaban J connectivity index is 1.93. The summed E-state index contributed by atoms with van der Waals surface area (Å²) in [5.41, 5.74) is 0. The van der Waals surface area contributed by atoms with E-state index in [9.17, 15) is 10.1 Å². The SMILES string of the molecule is O=[N+]([O-])c1cn(Cc2nc(Cl)c3ccsc3n2)cn1. The number of fused-ring (bicyclic) bond motifs is 1. The fourth-order valence-electron chi connectivity index (χ4n) is 1.62. The van der Waals surface area contributed by atoms with Crippen molar-refractivity contribution in [3.05, 3.63) is 45.1 Å². The molecule has 3 aromatic rings. The minimum absolute atomic E-state index is 0.205. The Morgan fingerprint density at radius 3 is 3.05 bits per heavy atom. The molecule has 0 N–H and O–H groups in total. The number of rotatable bonds is 3. The van der Waals surface area contributed by atoms with Crippen molar-refractivity contribution in [3.63, 3.8) is 0 Å². The van der Waals surface area contributed by atoms with Crippen molar-refractivity contribution in [1.82, 2.24) is 19.5 Å². The van der Waals surface area contributed by atoms with Gasteiger partial charge in [0.25, 0.3) is 0 Å². The molecule has 0 aliphatic rings. The minimum Gasteiger partial charge on any atom is -0.358 e. The maximum absolute atomic E-state index is 10.5. The van der Waals surface area contributed by atoms with Crippen LogP contribution in [0.3, 0.4) is 0 Å². The van der Waals surface area contributed by atoms with Crippen LogP contribution in [-0.4, -0.2) is 24.4 Å². The maximum Gasteiger partial charge on any atom is 0.381 e. The Labute approximate surface area is 115 Å². The van der Waals surface area contributed by atoms with E-state index in [1.807, 2.05) is 11.4 Å². The number of hydrogen-bond donors (Lipinski definition) is 0. The van der Waals surface area contributed by atoms with Gasteiger partial charge in [-0.25, -0.2) is 9.97 Å². The van der Waals surface area contributed by atoms with Gasteiger partial charge in [-0.15, -0.1) is 11.3 Å². The molecule has 3 rings (SSSR count). The molecule has 0 radical (unpaired) electrons. The van der Waals surface area contributed by atoms with E-state index in [1.54, 1.807) is 4.57 Å². The average Bonchev–Trinajstić information content (AvgIpc) is 2.97. The molecule has 0 aliphatic carbocycles. The van der Waals surface area contributed by atoms with Crippen LogP contribution >= 0.6 is 22.9 Å². The van der Waals surface area contributed by atoms with Gasteiger partial charge in [0.05, 0.1) is 6.54 Å². The van der Waals surface area contributed by atoms with Crippen LogP contribution in [0.15, 0.2) is 24.0 Å². The molecule has 0 aliphatic heterocycles. The normalized spacial score (nSPS) is 11.0. The van der Waals surface area contributed by atoms with Crippen LogP contribution in [0.5, 0.6) is 0 Å². The number of nitrogens with zero attached hydrogens (tertiary/aromatic N) is 5. The van der Waals surface area contributed by atoms with Gasteiger partial charge in [0.2, 0.25) is 6.33 Å². The zero-order chi connectivity index (χ0) is 13.4. The molecule has 96 valence electrons. The number of thiophene rings is 1. The third kappa shape index (κ3) is 2.27. The summed E-state index contributed by atoms with van der Waals surface area (Å²) in [6.07, 6.45) is 2.70. The van der Waals surface area contributed by atoms with E-state index in [4.69, 9.17) is 11.6 Å². The van der Waals surface area contributed by atoms with E-state index >= 15 is 0 Å². The zero-order valence-electron chi connectivity index (χ0n) is 9.36. The van der Waals surface area contributed by atoms with Gasteiger partial charge in [0.15, 0.2) is 5.82 Å². The first-order valence-electron chi connectivity index (χ1n) is 5.19. The largest absolute Gasteiger partial charge is 0.381 e. The molecule has 0 unspecified atom stereocenters. The summed E-state index contributed by atoms with van der Waals surface area (Å²) < 4.78 is 1.54. The van der Waals surface area contributed by atoms with Gasteiger partial charge < -0.3 is 14.7 Å². The minimum atomic E-state index is -0.549. The van der Waals surface area contributed by atoms with Gasteiger partial charge in [-0.2, -0.15) is 0 Å². The number of nitro groups is 1. The van der Waals surface area contributed by atoms with Crippen LogP contribution in [0.1, 0.15) is 5.82 Å². The van der Waals surface area contributed by atoms with Crippen LogP contribution < -0.4 is 0 Å².